The van der Waals surface area contributed by atoms with E-state index < -0.39 is 21.7 Å². The number of carbonyl (C=O) groups is 1. The van der Waals surface area contributed by atoms with E-state index in [-0.39, 0.29) is 10.5 Å². The van der Waals surface area contributed by atoms with Crippen molar-refractivity contribution in [2.45, 2.75) is 11.4 Å². The van der Waals surface area contributed by atoms with Crippen LogP contribution in [0.3, 0.4) is 0 Å². The summed E-state index contributed by atoms with van der Waals surface area (Å²) < 4.78 is 39.8. The fourth-order valence-electron chi connectivity index (χ4n) is 3.07. The van der Waals surface area contributed by atoms with Gasteiger partial charge in [0.2, 0.25) is 10.0 Å². The maximum absolute atomic E-state index is 14.3. The molecule has 1 aliphatic heterocycles. The SMILES string of the molecule is CN(C)S(=O)(=O)c1ccc(F)c(C(=O)N2CCN(Cc3ccncc3)CC2)c1. The molecule has 0 N–H and O–H groups in total. The molecule has 1 aromatic carbocycles. The Morgan fingerprint density at radius 3 is 2.36 bits per heavy atom. The quantitative estimate of drug-likeness (QED) is 0.751. The molecule has 9 heteroatoms. The smallest absolute Gasteiger partial charge is 0.256 e. The van der Waals surface area contributed by atoms with Crippen LogP contribution < -0.4 is 0 Å². The minimum atomic E-state index is -3.74. The zero-order valence-electron chi connectivity index (χ0n) is 15.9. The Balaban J connectivity index is 1.70. The van der Waals surface area contributed by atoms with Crippen molar-refractivity contribution in [3.8, 4) is 0 Å². The Labute approximate surface area is 164 Å². The van der Waals surface area contributed by atoms with Gasteiger partial charge in [0.15, 0.2) is 0 Å². The van der Waals surface area contributed by atoms with E-state index in [1.165, 1.54) is 20.2 Å². The third-order valence-electron chi connectivity index (χ3n) is 4.76. The average molecular weight is 406 g/mol. The van der Waals surface area contributed by atoms with Crippen molar-refractivity contribution >= 4 is 15.9 Å². The van der Waals surface area contributed by atoms with Gasteiger partial charge in [0, 0.05) is 59.2 Å². The van der Waals surface area contributed by atoms with Crippen molar-refractivity contribution < 1.29 is 17.6 Å². The van der Waals surface area contributed by atoms with Gasteiger partial charge in [-0.05, 0) is 35.9 Å². The lowest BCUT2D eigenvalue weighted by Crippen LogP contribution is -2.48. The van der Waals surface area contributed by atoms with Gasteiger partial charge in [-0.2, -0.15) is 0 Å². The highest BCUT2D eigenvalue weighted by Crippen LogP contribution is 2.20. The van der Waals surface area contributed by atoms with E-state index in [0.717, 1.165) is 28.5 Å². The number of hydrogen-bond acceptors (Lipinski definition) is 5. The van der Waals surface area contributed by atoms with E-state index in [9.17, 15) is 17.6 Å². The normalized spacial score (nSPS) is 15.8. The van der Waals surface area contributed by atoms with Crippen LogP contribution in [0.4, 0.5) is 4.39 Å². The van der Waals surface area contributed by atoms with E-state index in [1.54, 1.807) is 17.3 Å². The fourth-order valence-corrected chi connectivity index (χ4v) is 3.99. The molecule has 3 rings (SSSR count). The maximum Gasteiger partial charge on any atom is 0.256 e. The van der Waals surface area contributed by atoms with Gasteiger partial charge in [-0.1, -0.05) is 0 Å². The molecule has 0 radical (unpaired) electrons. The summed E-state index contributed by atoms with van der Waals surface area (Å²) in [6, 6.07) is 7.22. The largest absolute Gasteiger partial charge is 0.336 e. The molecule has 1 fully saturated rings. The average Bonchev–Trinajstić information content (AvgIpc) is 2.69. The fraction of sp³-hybridized carbons (Fsp3) is 0.368. The van der Waals surface area contributed by atoms with Gasteiger partial charge in [-0.25, -0.2) is 17.1 Å². The summed E-state index contributed by atoms with van der Waals surface area (Å²) in [5.41, 5.74) is 0.924. The van der Waals surface area contributed by atoms with Crippen molar-refractivity contribution in [3.63, 3.8) is 0 Å². The predicted molar refractivity (Wildman–Crippen MR) is 103 cm³/mol. The molecule has 2 heterocycles. The van der Waals surface area contributed by atoms with Crippen molar-refractivity contribution in [2.75, 3.05) is 40.3 Å². The first-order valence-electron chi connectivity index (χ1n) is 8.91. The Hall–Kier alpha value is -2.36. The van der Waals surface area contributed by atoms with E-state index in [1.807, 2.05) is 12.1 Å². The molecular weight excluding hydrogens is 383 g/mol. The molecule has 1 aliphatic rings. The van der Waals surface area contributed by atoms with E-state index >= 15 is 0 Å². The molecule has 1 saturated heterocycles. The molecule has 150 valence electrons. The monoisotopic (exact) mass is 406 g/mol. The van der Waals surface area contributed by atoms with Gasteiger partial charge in [-0.15, -0.1) is 0 Å². The Kier molecular flexibility index (Phi) is 6.07. The Bertz CT molecular complexity index is 943. The number of aromatic nitrogens is 1. The van der Waals surface area contributed by atoms with Crippen LogP contribution in [0.15, 0.2) is 47.6 Å². The van der Waals surface area contributed by atoms with Crippen molar-refractivity contribution in [1.82, 2.24) is 19.1 Å². The highest BCUT2D eigenvalue weighted by Gasteiger charge is 2.26. The molecule has 0 atom stereocenters. The number of rotatable bonds is 5. The lowest BCUT2D eigenvalue weighted by Gasteiger charge is -2.34. The summed E-state index contributed by atoms with van der Waals surface area (Å²) in [7, 11) is -0.959. The number of carbonyl (C=O) groups excluding carboxylic acids is 1. The van der Waals surface area contributed by atoms with Crippen LogP contribution in [-0.4, -0.2) is 73.7 Å². The molecule has 2 aromatic rings. The van der Waals surface area contributed by atoms with Crippen LogP contribution in [0.1, 0.15) is 15.9 Å². The summed E-state index contributed by atoms with van der Waals surface area (Å²) in [5.74, 6) is -1.21. The van der Waals surface area contributed by atoms with E-state index in [4.69, 9.17) is 0 Å². The van der Waals surface area contributed by atoms with Crippen molar-refractivity contribution in [2.24, 2.45) is 0 Å². The standard InChI is InChI=1S/C19H23FN4O3S/c1-22(2)28(26,27)16-3-4-18(20)17(13-16)19(25)24-11-9-23(10-12-24)14-15-5-7-21-8-6-15/h3-8,13H,9-12,14H2,1-2H3. The number of hydrogen-bond donors (Lipinski definition) is 0. The third-order valence-corrected chi connectivity index (χ3v) is 6.57. The first-order valence-corrected chi connectivity index (χ1v) is 10.4. The third kappa shape index (κ3) is 4.37. The zero-order valence-corrected chi connectivity index (χ0v) is 16.7. The maximum atomic E-state index is 14.3. The summed E-state index contributed by atoms with van der Waals surface area (Å²) in [6.45, 7) is 2.98. The topological polar surface area (TPSA) is 73.8 Å². The summed E-state index contributed by atoms with van der Waals surface area (Å²) >= 11 is 0. The van der Waals surface area contributed by atoms with Crippen molar-refractivity contribution in [1.29, 1.82) is 0 Å². The molecule has 0 bridgehead atoms. The minimum absolute atomic E-state index is 0.0985. The molecule has 0 saturated carbocycles. The number of halogens is 1. The second kappa shape index (κ2) is 8.34. The zero-order chi connectivity index (χ0) is 20.3. The number of sulfonamides is 1. The molecular formula is C19H23FN4O3S. The highest BCUT2D eigenvalue weighted by molar-refractivity contribution is 7.89. The first kappa shape index (κ1) is 20.4. The van der Waals surface area contributed by atoms with Gasteiger partial charge in [0.05, 0.1) is 10.5 Å². The lowest BCUT2D eigenvalue weighted by atomic mass is 10.1. The lowest BCUT2D eigenvalue weighted by molar-refractivity contribution is 0.0623. The Morgan fingerprint density at radius 2 is 1.75 bits per heavy atom. The minimum Gasteiger partial charge on any atom is -0.336 e. The Morgan fingerprint density at radius 1 is 1.11 bits per heavy atom. The predicted octanol–water partition coefficient (Wildman–Crippen LogP) is 1.43. The van der Waals surface area contributed by atoms with Crippen LogP contribution in [0.2, 0.25) is 0 Å². The highest BCUT2D eigenvalue weighted by atomic mass is 32.2. The number of piperazine rings is 1. The van der Waals surface area contributed by atoms with Gasteiger partial charge < -0.3 is 4.90 Å². The van der Waals surface area contributed by atoms with Gasteiger partial charge in [-0.3, -0.25) is 14.7 Å². The first-order chi connectivity index (χ1) is 13.3. The van der Waals surface area contributed by atoms with Gasteiger partial charge >= 0.3 is 0 Å². The molecule has 28 heavy (non-hydrogen) atoms. The summed E-state index contributed by atoms with van der Waals surface area (Å²) in [5, 5.41) is 0. The molecule has 7 nitrogen and oxygen atoms in total. The molecule has 1 amide bonds. The molecule has 0 unspecified atom stereocenters. The van der Waals surface area contributed by atoms with Gasteiger partial charge in [0.25, 0.3) is 5.91 Å². The van der Waals surface area contributed by atoms with E-state index in [0.29, 0.717) is 26.2 Å². The number of amides is 1. The van der Waals surface area contributed by atoms with Crippen molar-refractivity contribution in [3.05, 3.63) is 59.7 Å². The van der Waals surface area contributed by atoms with Crippen LogP contribution in [0, 0.1) is 5.82 Å². The van der Waals surface area contributed by atoms with Crippen LogP contribution in [0.25, 0.3) is 0 Å². The number of pyridine rings is 1. The number of benzene rings is 1. The van der Waals surface area contributed by atoms with Crippen LogP contribution in [0.5, 0.6) is 0 Å². The molecule has 0 spiro atoms. The summed E-state index contributed by atoms with van der Waals surface area (Å²) in [6.07, 6.45) is 3.49. The van der Waals surface area contributed by atoms with Gasteiger partial charge in [0.1, 0.15) is 5.82 Å². The molecule has 0 aliphatic carbocycles. The van der Waals surface area contributed by atoms with Crippen LogP contribution in [-0.2, 0) is 16.6 Å². The van der Waals surface area contributed by atoms with Crippen LogP contribution >= 0.6 is 0 Å². The summed E-state index contributed by atoms with van der Waals surface area (Å²) in [4.78, 5) is 20.5. The van der Waals surface area contributed by atoms with E-state index in [2.05, 4.69) is 9.88 Å². The number of nitrogens with zero attached hydrogens (tertiary/aromatic N) is 4. The second-order valence-corrected chi connectivity index (χ2v) is 9.00. The molecule has 1 aromatic heterocycles. The second-order valence-electron chi connectivity index (χ2n) is 6.85.